The van der Waals surface area contributed by atoms with Gasteiger partial charge < -0.3 is 9.38 Å². The van der Waals surface area contributed by atoms with Gasteiger partial charge in [0.2, 0.25) is 0 Å². The molecule has 0 aliphatic rings. The van der Waals surface area contributed by atoms with Gasteiger partial charge >= 0.3 is 0 Å². The Balaban J connectivity index is 2.37. The Morgan fingerprint density at radius 2 is 1.60 bits per heavy atom. The quantitative estimate of drug-likeness (QED) is 0.523. The topological polar surface area (TPSA) is 37.3 Å². The molecule has 0 spiro atoms. The van der Waals surface area contributed by atoms with Crippen LogP contribution >= 0.6 is 0 Å². The van der Waals surface area contributed by atoms with Crippen LogP contribution in [0, 0.1) is 11.6 Å². The summed E-state index contributed by atoms with van der Waals surface area (Å²) >= 11 is 0. The maximum atomic E-state index is 13.5. The Kier molecular flexibility index (Phi) is 2.04. The molecule has 5 heteroatoms. The van der Waals surface area contributed by atoms with Gasteiger partial charge in [0.05, 0.1) is 16.6 Å². The molecule has 0 saturated heterocycles. The second kappa shape index (κ2) is 3.66. The van der Waals surface area contributed by atoms with Gasteiger partial charge in [-0.2, -0.15) is 0 Å². The van der Waals surface area contributed by atoms with Crippen LogP contribution in [0.15, 0.2) is 47.3 Å². The van der Waals surface area contributed by atoms with Gasteiger partial charge in [0.1, 0.15) is 17.2 Å². The lowest BCUT2D eigenvalue weighted by molar-refractivity contribution is 0.628. The number of benzene rings is 2. The fourth-order valence-electron chi connectivity index (χ4n) is 2.59. The van der Waals surface area contributed by atoms with Crippen molar-refractivity contribution < 1.29 is 8.78 Å². The second-order valence-corrected chi connectivity index (χ2v) is 4.68. The molecule has 1 N–H and O–H groups in total. The molecular weight excluding hydrogens is 262 g/mol. The highest BCUT2D eigenvalue weighted by Crippen LogP contribution is 2.23. The molecule has 4 aromatic rings. The molecule has 2 heterocycles. The van der Waals surface area contributed by atoms with Crippen molar-refractivity contribution in [2.75, 3.05) is 0 Å². The van der Waals surface area contributed by atoms with Crippen molar-refractivity contribution in [1.29, 1.82) is 0 Å². The molecule has 2 aromatic heterocycles. The summed E-state index contributed by atoms with van der Waals surface area (Å²) in [4.78, 5) is 14.8. The third-order valence-corrected chi connectivity index (χ3v) is 3.45. The Labute approximate surface area is 111 Å². The van der Waals surface area contributed by atoms with Crippen molar-refractivity contribution in [2.45, 2.75) is 0 Å². The molecule has 0 saturated carbocycles. The number of H-pyrrole nitrogens is 1. The monoisotopic (exact) mass is 270 g/mol. The van der Waals surface area contributed by atoms with E-state index in [1.54, 1.807) is 16.5 Å². The Hall–Kier alpha value is -2.69. The first-order chi connectivity index (χ1) is 9.63. The Morgan fingerprint density at radius 1 is 0.850 bits per heavy atom. The van der Waals surface area contributed by atoms with E-state index >= 15 is 0 Å². The molecule has 0 bridgehead atoms. The van der Waals surface area contributed by atoms with E-state index in [9.17, 15) is 13.6 Å². The van der Waals surface area contributed by atoms with Crippen molar-refractivity contribution in [3.8, 4) is 0 Å². The van der Waals surface area contributed by atoms with Crippen molar-refractivity contribution in [3.63, 3.8) is 0 Å². The smallest absolute Gasteiger partial charge is 0.272 e. The summed E-state index contributed by atoms with van der Waals surface area (Å²) < 4.78 is 28.4. The maximum Gasteiger partial charge on any atom is 0.272 e. The lowest BCUT2D eigenvalue weighted by Crippen LogP contribution is -2.09. The molecule has 0 atom stereocenters. The molecule has 0 aliphatic carbocycles. The highest BCUT2D eigenvalue weighted by Gasteiger charge is 2.11. The van der Waals surface area contributed by atoms with E-state index in [-0.39, 0.29) is 11.4 Å². The summed E-state index contributed by atoms with van der Waals surface area (Å²) in [6, 6.07) is 10.0. The Bertz CT molecular complexity index is 1050. The molecule has 0 fully saturated rings. The normalized spacial score (nSPS) is 11.7. The third-order valence-electron chi connectivity index (χ3n) is 3.45. The molecule has 0 aliphatic heterocycles. The number of fused-ring (bicyclic) bond motifs is 5. The SMILES string of the molecule is O=c1[nH]c2ccc(F)cc2n2c1cc1cc(F)ccc12. The third kappa shape index (κ3) is 1.40. The number of halogens is 2. The molecule has 20 heavy (non-hydrogen) atoms. The lowest BCUT2D eigenvalue weighted by atomic mass is 10.2. The van der Waals surface area contributed by atoms with E-state index < -0.39 is 5.82 Å². The number of nitrogens with one attached hydrogen (secondary N) is 1. The first kappa shape index (κ1) is 11.2. The minimum atomic E-state index is -0.394. The molecule has 0 unspecified atom stereocenters. The largest absolute Gasteiger partial charge is 0.319 e. The highest BCUT2D eigenvalue weighted by atomic mass is 19.1. The van der Waals surface area contributed by atoms with Gasteiger partial charge in [0.15, 0.2) is 0 Å². The summed E-state index contributed by atoms with van der Waals surface area (Å²) in [5.41, 5.74) is 1.82. The molecule has 3 nitrogen and oxygen atoms in total. The summed E-state index contributed by atoms with van der Waals surface area (Å²) in [7, 11) is 0. The van der Waals surface area contributed by atoms with Crippen LogP contribution in [0.1, 0.15) is 0 Å². The number of hydrogen-bond acceptors (Lipinski definition) is 1. The van der Waals surface area contributed by atoms with Crippen LogP contribution in [0.25, 0.3) is 27.5 Å². The number of rotatable bonds is 0. The summed E-state index contributed by atoms with van der Waals surface area (Å²) in [5, 5.41) is 0.604. The van der Waals surface area contributed by atoms with Gasteiger partial charge in [0, 0.05) is 11.5 Å². The average Bonchev–Trinajstić information content (AvgIpc) is 2.79. The average molecular weight is 270 g/mol. The first-order valence-electron chi connectivity index (χ1n) is 6.06. The minimum Gasteiger partial charge on any atom is -0.319 e. The van der Waals surface area contributed by atoms with Crippen LogP contribution in [0.4, 0.5) is 8.78 Å². The zero-order valence-electron chi connectivity index (χ0n) is 10.2. The second-order valence-electron chi connectivity index (χ2n) is 4.68. The van der Waals surface area contributed by atoms with Crippen molar-refractivity contribution in [3.05, 3.63) is 64.5 Å². The van der Waals surface area contributed by atoms with Crippen LogP contribution in [0.2, 0.25) is 0 Å². The Morgan fingerprint density at radius 3 is 2.45 bits per heavy atom. The molecule has 0 amide bonds. The molecule has 0 radical (unpaired) electrons. The van der Waals surface area contributed by atoms with E-state index in [0.29, 0.717) is 27.5 Å². The van der Waals surface area contributed by atoms with Crippen LogP contribution in [-0.2, 0) is 0 Å². The molecule has 98 valence electrons. The van der Waals surface area contributed by atoms with E-state index in [4.69, 9.17) is 0 Å². The van der Waals surface area contributed by atoms with Gasteiger partial charge in [-0.15, -0.1) is 0 Å². The van der Waals surface area contributed by atoms with E-state index in [0.717, 1.165) is 0 Å². The standard InChI is InChI=1S/C15H8F2N2O/c16-9-2-4-12-8(5-9)6-14-15(20)18-11-3-1-10(17)7-13(11)19(12)14/h1-7H,(H,18,20). The van der Waals surface area contributed by atoms with E-state index in [1.807, 2.05) is 0 Å². The summed E-state index contributed by atoms with van der Waals surface area (Å²) in [6.07, 6.45) is 0. The first-order valence-corrected chi connectivity index (χ1v) is 6.06. The predicted molar refractivity (Wildman–Crippen MR) is 72.9 cm³/mol. The van der Waals surface area contributed by atoms with Crippen LogP contribution < -0.4 is 5.56 Å². The van der Waals surface area contributed by atoms with Crippen molar-refractivity contribution >= 4 is 27.5 Å². The highest BCUT2D eigenvalue weighted by molar-refractivity contribution is 5.92. The number of nitrogens with zero attached hydrogens (tertiary/aromatic N) is 1. The summed E-state index contributed by atoms with van der Waals surface area (Å²) in [6.45, 7) is 0. The number of aromatic amines is 1. The van der Waals surface area contributed by atoms with Gasteiger partial charge in [-0.05, 0) is 36.4 Å². The summed E-state index contributed by atoms with van der Waals surface area (Å²) in [5.74, 6) is -0.768. The van der Waals surface area contributed by atoms with Crippen molar-refractivity contribution in [1.82, 2.24) is 9.38 Å². The van der Waals surface area contributed by atoms with Crippen LogP contribution in [0.5, 0.6) is 0 Å². The number of hydrogen-bond donors (Lipinski definition) is 1. The molecular formula is C15H8F2N2O. The van der Waals surface area contributed by atoms with Gasteiger partial charge in [-0.3, -0.25) is 4.79 Å². The maximum absolute atomic E-state index is 13.5. The van der Waals surface area contributed by atoms with E-state index in [1.165, 1.54) is 30.3 Å². The van der Waals surface area contributed by atoms with Crippen molar-refractivity contribution in [2.24, 2.45) is 0 Å². The van der Waals surface area contributed by atoms with Gasteiger partial charge in [0.25, 0.3) is 5.56 Å². The fourth-order valence-corrected chi connectivity index (χ4v) is 2.59. The fraction of sp³-hybridized carbons (Fsp3) is 0. The van der Waals surface area contributed by atoms with Crippen LogP contribution in [-0.4, -0.2) is 9.38 Å². The molecule has 4 rings (SSSR count). The molecule has 2 aromatic carbocycles. The lowest BCUT2D eigenvalue weighted by Gasteiger charge is -2.04. The van der Waals surface area contributed by atoms with E-state index in [2.05, 4.69) is 4.98 Å². The van der Waals surface area contributed by atoms with Gasteiger partial charge in [-0.1, -0.05) is 0 Å². The zero-order valence-corrected chi connectivity index (χ0v) is 10.2. The predicted octanol–water partition coefficient (Wildman–Crippen LogP) is 3.21. The zero-order chi connectivity index (χ0) is 13.9. The van der Waals surface area contributed by atoms with Crippen LogP contribution in [0.3, 0.4) is 0 Å². The minimum absolute atomic E-state index is 0.291. The number of aromatic nitrogens is 2. The van der Waals surface area contributed by atoms with Gasteiger partial charge in [-0.25, -0.2) is 8.78 Å².